The molecule has 0 atom stereocenters. The van der Waals surface area contributed by atoms with Gasteiger partial charge >= 0.3 is 0 Å². The molecule has 1 aliphatic carbocycles. The number of halogens is 1. The maximum atomic E-state index is 12.8. The largest absolute Gasteiger partial charge is 0.281 e. The monoisotopic (exact) mass is 319 g/mol. The number of nitrogens with one attached hydrogen (secondary N) is 1. The number of nitrogens with zero attached hydrogens (tertiary/aromatic N) is 2. The quantitative estimate of drug-likeness (QED) is 0.685. The molecule has 7 heteroatoms. The summed E-state index contributed by atoms with van der Waals surface area (Å²) in [4.78, 5) is 0.249. The standard InChI is InChI=1S/C13H22ClN3O2S/c1-10-13(12(9-14)16-15-10)20(18,19)17(2)11-7-5-3-4-6-8-11/h11H,3-9H2,1-2H3,(H,15,16). The molecule has 1 aromatic rings. The Morgan fingerprint density at radius 3 is 2.45 bits per heavy atom. The molecule has 5 nitrogen and oxygen atoms in total. The molecule has 0 radical (unpaired) electrons. The predicted octanol–water partition coefficient (Wildman–Crippen LogP) is 2.80. The molecular weight excluding hydrogens is 298 g/mol. The molecule has 0 bridgehead atoms. The Morgan fingerprint density at radius 1 is 1.30 bits per heavy atom. The molecule has 0 amide bonds. The van der Waals surface area contributed by atoms with Crippen LogP contribution in [0.25, 0.3) is 0 Å². The molecule has 114 valence electrons. The minimum absolute atomic E-state index is 0.0833. The predicted molar refractivity (Wildman–Crippen MR) is 79.3 cm³/mol. The molecule has 1 saturated carbocycles. The van der Waals surface area contributed by atoms with Gasteiger partial charge in [-0.2, -0.15) is 9.40 Å². The molecule has 20 heavy (non-hydrogen) atoms. The molecule has 2 rings (SSSR count). The van der Waals surface area contributed by atoms with E-state index in [1.165, 1.54) is 17.1 Å². The highest BCUT2D eigenvalue weighted by molar-refractivity contribution is 7.89. The van der Waals surface area contributed by atoms with E-state index in [1.54, 1.807) is 14.0 Å². The number of aromatic nitrogens is 2. The number of H-pyrrole nitrogens is 1. The summed E-state index contributed by atoms with van der Waals surface area (Å²) in [5.74, 6) is 0.0947. The highest BCUT2D eigenvalue weighted by Crippen LogP contribution is 2.28. The van der Waals surface area contributed by atoms with E-state index >= 15 is 0 Å². The minimum Gasteiger partial charge on any atom is -0.281 e. The average Bonchev–Trinajstić information content (AvgIpc) is 2.64. The molecule has 1 aromatic heterocycles. The van der Waals surface area contributed by atoms with Crippen LogP contribution >= 0.6 is 11.6 Å². The molecule has 1 aliphatic rings. The van der Waals surface area contributed by atoms with Crippen molar-refractivity contribution in [2.24, 2.45) is 0 Å². The zero-order chi connectivity index (χ0) is 14.8. The van der Waals surface area contributed by atoms with Gasteiger partial charge in [-0.3, -0.25) is 5.10 Å². The molecule has 0 saturated heterocycles. The first-order valence-corrected chi connectivity index (χ1v) is 9.03. The summed E-state index contributed by atoms with van der Waals surface area (Å²) >= 11 is 5.80. The van der Waals surface area contributed by atoms with Gasteiger partial charge in [0, 0.05) is 13.1 Å². The Kier molecular flexibility index (Phi) is 5.09. The number of hydrogen-bond donors (Lipinski definition) is 1. The van der Waals surface area contributed by atoms with E-state index in [2.05, 4.69) is 10.2 Å². The smallest absolute Gasteiger partial charge is 0.246 e. The van der Waals surface area contributed by atoms with Crippen LogP contribution in [0.2, 0.25) is 0 Å². The van der Waals surface area contributed by atoms with E-state index in [-0.39, 0.29) is 16.8 Å². The first kappa shape index (κ1) is 15.8. The summed E-state index contributed by atoms with van der Waals surface area (Å²) in [6, 6.07) is 0.0833. The fraction of sp³-hybridized carbons (Fsp3) is 0.769. The van der Waals surface area contributed by atoms with Gasteiger partial charge in [0.2, 0.25) is 10.0 Å². The van der Waals surface area contributed by atoms with Crippen molar-refractivity contribution >= 4 is 21.6 Å². The Morgan fingerprint density at radius 2 is 1.90 bits per heavy atom. The summed E-state index contributed by atoms with van der Waals surface area (Å²) in [7, 11) is -1.85. The average molecular weight is 320 g/mol. The van der Waals surface area contributed by atoms with Crippen molar-refractivity contribution in [2.45, 2.75) is 62.3 Å². The lowest BCUT2D eigenvalue weighted by Crippen LogP contribution is -2.37. The Hall–Kier alpha value is -0.590. The zero-order valence-electron chi connectivity index (χ0n) is 12.0. The lowest BCUT2D eigenvalue weighted by molar-refractivity contribution is 0.335. The van der Waals surface area contributed by atoms with Gasteiger partial charge in [-0.1, -0.05) is 25.7 Å². The van der Waals surface area contributed by atoms with E-state index in [4.69, 9.17) is 11.6 Å². The van der Waals surface area contributed by atoms with Crippen LogP contribution in [0.1, 0.15) is 49.9 Å². The third-order valence-corrected chi connectivity index (χ3v) is 6.43. The Labute approximate surface area is 125 Å². The fourth-order valence-electron chi connectivity index (χ4n) is 2.86. The van der Waals surface area contributed by atoms with Gasteiger partial charge < -0.3 is 0 Å². The molecule has 1 N–H and O–H groups in total. The number of alkyl halides is 1. The summed E-state index contributed by atoms with van der Waals surface area (Å²) < 4.78 is 27.1. The van der Waals surface area contributed by atoms with Gasteiger partial charge in [0.15, 0.2) is 0 Å². The second kappa shape index (κ2) is 6.45. The number of rotatable bonds is 4. The van der Waals surface area contributed by atoms with Crippen molar-refractivity contribution in [3.63, 3.8) is 0 Å². The first-order chi connectivity index (χ1) is 9.48. The number of aromatic amines is 1. The first-order valence-electron chi connectivity index (χ1n) is 7.06. The maximum absolute atomic E-state index is 12.8. The topological polar surface area (TPSA) is 66.1 Å². The fourth-order valence-corrected chi connectivity index (χ4v) is 4.88. The van der Waals surface area contributed by atoms with Crippen molar-refractivity contribution in [1.29, 1.82) is 0 Å². The van der Waals surface area contributed by atoms with Gasteiger partial charge in [0.05, 0.1) is 17.3 Å². The lowest BCUT2D eigenvalue weighted by Gasteiger charge is -2.26. The van der Waals surface area contributed by atoms with Crippen LogP contribution < -0.4 is 0 Å². The zero-order valence-corrected chi connectivity index (χ0v) is 13.6. The second-order valence-electron chi connectivity index (χ2n) is 5.42. The van der Waals surface area contributed by atoms with Crippen molar-refractivity contribution in [3.8, 4) is 0 Å². The Balaban J connectivity index is 2.31. The molecule has 1 heterocycles. The summed E-state index contributed by atoms with van der Waals surface area (Å²) in [5, 5.41) is 6.71. The highest BCUT2D eigenvalue weighted by atomic mass is 35.5. The van der Waals surface area contributed by atoms with E-state index in [9.17, 15) is 8.42 Å². The summed E-state index contributed by atoms with van der Waals surface area (Å²) in [6.07, 6.45) is 6.45. The van der Waals surface area contributed by atoms with Crippen LogP contribution in [0.3, 0.4) is 0 Å². The molecule has 1 fully saturated rings. The molecule has 0 aromatic carbocycles. The second-order valence-corrected chi connectivity index (χ2v) is 7.63. The Bertz CT molecular complexity index is 548. The number of hydrogen-bond acceptors (Lipinski definition) is 3. The maximum Gasteiger partial charge on any atom is 0.246 e. The normalized spacial score (nSPS) is 18.4. The van der Waals surface area contributed by atoms with E-state index in [0.717, 1.165) is 25.7 Å². The molecule has 0 unspecified atom stereocenters. The van der Waals surface area contributed by atoms with Gasteiger partial charge in [0.25, 0.3) is 0 Å². The van der Waals surface area contributed by atoms with Gasteiger partial charge in [-0.05, 0) is 19.8 Å². The van der Waals surface area contributed by atoms with Gasteiger partial charge in [0.1, 0.15) is 4.90 Å². The van der Waals surface area contributed by atoms with Crippen molar-refractivity contribution in [1.82, 2.24) is 14.5 Å². The van der Waals surface area contributed by atoms with Gasteiger partial charge in [-0.25, -0.2) is 8.42 Å². The van der Waals surface area contributed by atoms with Crippen LogP contribution in [-0.4, -0.2) is 36.0 Å². The van der Waals surface area contributed by atoms with Crippen LogP contribution in [0.5, 0.6) is 0 Å². The van der Waals surface area contributed by atoms with Crippen LogP contribution in [0.15, 0.2) is 4.90 Å². The van der Waals surface area contributed by atoms with E-state index in [0.29, 0.717) is 11.4 Å². The van der Waals surface area contributed by atoms with Crippen LogP contribution in [-0.2, 0) is 15.9 Å². The summed E-state index contributed by atoms with van der Waals surface area (Å²) in [6.45, 7) is 1.72. The van der Waals surface area contributed by atoms with Crippen molar-refractivity contribution in [3.05, 3.63) is 11.4 Å². The lowest BCUT2D eigenvalue weighted by atomic mass is 10.1. The number of aryl methyl sites for hydroxylation is 1. The van der Waals surface area contributed by atoms with Gasteiger partial charge in [-0.15, -0.1) is 11.6 Å². The van der Waals surface area contributed by atoms with E-state index in [1.807, 2.05) is 0 Å². The van der Waals surface area contributed by atoms with E-state index < -0.39 is 10.0 Å². The third-order valence-electron chi connectivity index (χ3n) is 4.06. The third kappa shape index (κ3) is 3.02. The van der Waals surface area contributed by atoms with Crippen molar-refractivity contribution in [2.75, 3.05) is 7.05 Å². The molecular formula is C13H22ClN3O2S. The number of sulfonamides is 1. The SMILES string of the molecule is Cc1[nH]nc(CCl)c1S(=O)(=O)N(C)C1CCCCCC1. The minimum atomic E-state index is -3.53. The molecule has 0 aliphatic heterocycles. The van der Waals surface area contributed by atoms with Crippen molar-refractivity contribution < 1.29 is 8.42 Å². The van der Waals surface area contributed by atoms with Crippen LogP contribution in [0, 0.1) is 6.92 Å². The highest BCUT2D eigenvalue weighted by Gasteiger charge is 2.32. The van der Waals surface area contributed by atoms with Crippen LogP contribution in [0.4, 0.5) is 0 Å². The molecule has 0 spiro atoms. The summed E-state index contributed by atoms with van der Waals surface area (Å²) in [5.41, 5.74) is 0.964.